The molecule has 1 aromatic heterocycles. The number of aliphatic hydroxyl groups excluding tert-OH is 1. The van der Waals surface area contributed by atoms with Gasteiger partial charge in [0.05, 0.1) is 17.5 Å². The van der Waals surface area contributed by atoms with E-state index >= 15 is 0 Å². The molecule has 21 heavy (non-hydrogen) atoms. The maximum Gasteiger partial charge on any atom is 0.326 e. The maximum atomic E-state index is 12.2. The number of hydrogen-bond acceptors (Lipinski definition) is 5. The predicted octanol–water partition coefficient (Wildman–Crippen LogP) is -0.134. The van der Waals surface area contributed by atoms with Crippen molar-refractivity contribution in [3.63, 3.8) is 0 Å². The van der Waals surface area contributed by atoms with Crippen LogP contribution in [0.5, 0.6) is 0 Å². The molecule has 1 fully saturated rings. The van der Waals surface area contributed by atoms with Crippen LogP contribution < -0.4 is 0 Å². The summed E-state index contributed by atoms with van der Waals surface area (Å²) in [4.78, 5) is 38.2. The summed E-state index contributed by atoms with van der Waals surface area (Å²) < 4.78 is 0. The van der Waals surface area contributed by atoms with Gasteiger partial charge in [-0.05, 0) is 11.4 Å². The van der Waals surface area contributed by atoms with E-state index in [2.05, 4.69) is 0 Å². The lowest BCUT2D eigenvalue weighted by atomic mass is 10.2. The number of carbonyl (C=O) groups is 3. The van der Waals surface area contributed by atoms with Crippen LogP contribution in [0.1, 0.15) is 16.1 Å². The van der Waals surface area contributed by atoms with Crippen LogP contribution in [-0.4, -0.2) is 70.1 Å². The summed E-state index contributed by atoms with van der Waals surface area (Å²) >= 11 is 1.27. The van der Waals surface area contributed by atoms with Crippen molar-refractivity contribution in [1.82, 2.24) is 9.80 Å². The first-order valence-electron chi connectivity index (χ1n) is 6.39. The monoisotopic (exact) mass is 312 g/mol. The smallest absolute Gasteiger partial charge is 0.326 e. The number of amides is 2. The van der Waals surface area contributed by atoms with Gasteiger partial charge < -0.3 is 20.0 Å². The van der Waals surface area contributed by atoms with Gasteiger partial charge in [-0.1, -0.05) is 6.07 Å². The van der Waals surface area contributed by atoms with Crippen molar-refractivity contribution in [3.05, 3.63) is 22.4 Å². The molecule has 2 N–H and O–H groups in total. The van der Waals surface area contributed by atoms with Crippen molar-refractivity contribution in [3.8, 4) is 0 Å². The number of nitrogens with zero attached hydrogens (tertiary/aromatic N) is 2. The largest absolute Gasteiger partial charge is 0.480 e. The van der Waals surface area contributed by atoms with E-state index in [-0.39, 0.29) is 25.4 Å². The van der Waals surface area contributed by atoms with E-state index in [1.165, 1.54) is 23.3 Å². The minimum atomic E-state index is -1.15. The summed E-state index contributed by atoms with van der Waals surface area (Å²) in [5.74, 6) is -1.91. The average molecular weight is 312 g/mol. The fourth-order valence-electron chi connectivity index (χ4n) is 2.28. The van der Waals surface area contributed by atoms with Crippen molar-refractivity contribution < 1.29 is 24.6 Å². The number of aliphatic hydroxyl groups is 1. The Labute approximate surface area is 125 Å². The molecule has 2 rings (SSSR count). The van der Waals surface area contributed by atoms with E-state index < -0.39 is 24.0 Å². The highest BCUT2D eigenvalue weighted by atomic mass is 32.1. The highest BCUT2D eigenvalue weighted by molar-refractivity contribution is 7.12. The molecular weight excluding hydrogens is 296 g/mol. The Bertz CT molecular complexity index is 545. The normalized spacial score (nSPS) is 21.3. The number of likely N-dealkylation sites (tertiary alicyclic amines) is 1. The predicted molar refractivity (Wildman–Crippen MR) is 75.0 cm³/mol. The molecule has 1 aliphatic rings. The minimum Gasteiger partial charge on any atom is -0.480 e. The van der Waals surface area contributed by atoms with Gasteiger partial charge in [-0.3, -0.25) is 9.59 Å². The number of carboxylic acids is 1. The van der Waals surface area contributed by atoms with E-state index in [0.29, 0.717) is 4.88 Å². The molecule has 1 aromatic rings. The van der Waals surface area contributed by atoms with Gasteiger partial charge in [0.1, 0.15) is 6.04 Å². The highest BCUT2D eigenvalue weighted by Gasteiger charge is 2.39. The van der Waals surface area contributed by atoms with Crippen LogP contribution in [0.15, 0.2) is 17.5 Å². The van der Waals surface area contributed by atoms with Crippen LogP contribution in [0.2, 0.25) is 0 Å². The van der Waals surface area contributed by atoms with E-state index in [1.54, 1.807) is 17.5 Å². The Balaban J connectivity index is 2.00. The third-order valence-electron chi connectivity index (χ3n) is 3.34. The molecule has 114 valence electrons. The summed E-state index contributed by atoms with van der Waals surface area (Å²) in [6, 6.07) is 2.37. The summed E-state index contributed by atoms with van der Waals surface area (Å²) in [5, 5.41) is 20.3. The van der Waals surface area contributed by atoms with Crippen LogP contribution >= 0.6 is 11.3 Å². The Morgan fingerprint density at radius 3 is 2.76 bits per heavy atom. The summed E-state index contributed by atoms with van der Waals surface area (Å²) in [6.07, 6.45) is -0.822. The molecule has 0 aromatic carbocycles. The van der Waals surface area contributed by atoms with E-state index in [0.717, 1.165) is 4.90 Å². The minimum absolute atomic E-state index is 0.0170. The number of aliphatic carboxylic acids is 1. The molecule has 0 saturated carbocycles. The SMILES string of the molecule is CN(CC(=O)N1CC(O)C[C@H]1C(=O)O)C(=O)c1cccs1. The van der Waals surface area contributed by atoms with Gasteiger partial charge in [0.25, 0.3) is 5.91 Å². The number of thiophene rings is 1. The lowest BCUT2D eigenvalue weighted by Gasteiger charge is -2.24. The molecule has 0 spiro atoms. The summed E-state index contributed by atoms with van der Waals surface area (Å²) in [6.45, 7) is -0.232. The third-order valence-corrected chi connectivity index (χ3v) is 4.19. The Morgan fingerprint density at radius 2 is 2.19 bits per heavy atom. The number of carboxylic acid groups (broad SMARTS) is 1. The molecule has 1 aliphatic heterocycles. The topological polar surface area (TPSA) is 98.2 Å². The summed E-state index contributed by atoms with van der Waals surface area (Å²) in [5.41, 5.74) is 0. The summed E-state index contributed by atoms with van der Waals surface area (Å²) in [7, 11) is 1.49. The molecule has 2 atom stereocenters. The van der Waals surface area contributed by atoms with E-state index in [1.807, 2.05) is 0 Å². The van der Waals surface area contributed by atoms with Gasteiger partial charge in [-0.2, -0.15) is 0 Å². The standard InChI is InChI=1S/C13H16N2O5S/c1-14(12(18)10-3-2-4-21-10)7-11(17)15-6-8(16)5-9(15)13(19)20/h2-4,8-9,16H,5-7H2,1H3,(H,19,20)/t8?,9-/m0/s1. The molecule has 1 saturated heterocycles. The van der Waals surface area contributed by atoms with Crippen LogP contribution in [0.25, 0.3) is 0 Å². The van der Waals surface area contributed by atoms with Crippen molar-refractivity contribution in [2.45, 2.75) is 18.6 Å². The molecule has 7 nitrogen and oxygen atoms in total. The molecule has 0 aliphatic carbocycles. The number of β-amino-alcohol motifs (C(OH)–C–C–N with tert-alkyl or cyclic N) is 1. The van der Waals surface area contributed by atoms with Crippen molar-refractivity contribution >= 4 is 29.1 Å². The van der Waals surface area contributed by atoms with Gasteiger partial charge in [0, 0.05) is 20.0 Å². The van der Waals surface area contributed by atoms with Gasteiger partial charge in [-0.15, -0.1) is 11.3 Å². The van der Waals surface area contributed by atoms with Crippen LogP contribution in [0, 0.1) is 0 Å². The highest BCUT2D eigenvalue weighted by Crippen LogP contribution is 2.19. The molecule has 1 unspecified atom stereocenters. The van der Waals surface area contributed by atoms with Gasteiger partial charge >= 0.3 is 5.97 Å². The van der Waals surface area contributed by atoms with Crippen molar-refractivity contribution in [2.24, 2.45) is 0 Å². The lowest BCUT2D eigenvalue weighted by molar-refractivity contribution is -0.148. The molecule has 8 heteroatoms. The van der Waals surface area contributed by atoms with Crippen LogP contribution in [-0.2, 0) is 9.59 Å². The Kier molecular flexibility index (Phi) is 4.59. The molecule has 0 radical (unpaired) electrons. The van der Waals surface area contributed by atoms with Crippen molar-refractivity contribution in [2.75, 3.05) is 20.1 Å². The van der Waals surface area contributed by atoms with Gasteiger partial charge in [-0.25, -0.2) is 4.79 Å². The fourth-order valence-corrected chi connectivity index (χ4v) is 2.99. The zero-order valence-electron chi connectivity index (χ0n) is 11.4. The number of rotatable bonds is 4. The fraction of sp³-hybridized carbons (Fsp3) is 0.462. The Morgan fingerprint density at radius 1 is 1.48 bits per heavy atom. The van der Waals surface area contributed by atoms with E-state index in [9.17, 15) is 19.5 Å². The lowest BCUT2D eigenvalue weighted by Crippen LogP contribution is -2.46. The second-order valence-corrected chi connectivity index (χ2v) is 5.88. The first kappa shape index (κ1) is 15.5. The number of carbonyl (C=O) groups excluding carboxylic acids is 2. The maximum absolute atomic E-state index is 12.2. The average Bonchev–Trinajstić information content (AvgIpc) is 3.06. The molecular formula is C13H16N2O5S. The molecule has 2 amide bonds. The number of hydrogen-bond donors (Lipinski definition) is 2. The second kappa shape index (κ2) is 6.23. The van der Waals surface area contributed by atoms with Gasteiger partial charge in [0.15, 0.2) is 0 Å². The first-order valence-corrected chi connectivity index (χ1v) is 7.27. The zero-order valence-corrected chi connectivity index (χ0v) is 12.2. The second-order valence-electron chi connectivity index (χ2n) is 4.93. The Hall–Kier alpha value is -1.93. The zero-order chi connectivity index (χ0) is 15.6. The molecule has 0 bridgehead atoms. The first-order chi connectivity index (χ1) is 9.90. The van der Waals surface area contributed by atoms with Crippen LogP contribution in [0.4, 0.5) is 0 Å². The van der Waals surface area contributed by atoms with E-state index in [4.69, 9.17) is 5.11 Å². The third kappa shape index (κ3) is 3.40. The quantitative estimate of drug-likeness (QED) is 0.807. The molecule has 2 heterocycles. The number of likely N-dealkylation sites (N-methyl/N-ethyl adjacent to an activating group) is 1. The van der Waals surface area contributed by atoms with Gasteiger partial charge in [0.2, 0.25) is 5.91 Å². The van der Waals surface area contributed by atoms with Crippen LogP contribution in [0.3, 0.4) is 0 Å². The van der Waals surface area contributed by atoms with Crippen molar-refractivity contribution in [1.29, 1.82) is 0 Å².